The molecule has 3 rings (SSSR count). The van der Waals surface area contributed by atoms with E-state index in [1.54, 1.807) is 0 Å². The number of hydrogen-bond donors (Lipinski definition) is 1. The molecule has 1 aliphatic rings. The summed E-state index contributed by atoms with van der Waals surface area (Å²) in [5.74, 6) is 0.158. The van der Waals surface area contributed by atoms with Gasteiger partial charge in [0.05, 0.1) is 0 Å². The van der Waals surface area contributed by atoms with Gasteiger partial charge in [-0.1, -0.05) is 74.8 Å². The van der Waals surface area contributed by atoms with Crippen LogP contribution in [0.3, 0.4) is 0 Å². The smallest absolute Gasteiger partial charge is 0.115 e. The number of nitrogens with zero attached hydrogens (tertiary/aromatic N) is 1. The molecule has 0 aliphatic heterocycles. The van der Waals surface area contributed by atoms with E-state index in [4.69, 9.17) is 11.6 Å². The van der Waals surface area contributed by atoms with Crippen LogP contribution >= 0.6 is 11.6 Å². The summed E-state index contributed by atoms with van der Waals surface area (Å²) in [6.45, 7) is 7.52. The van der Waals surface area contributed by atoms with Gasteiger partial charge >= 0.3 is 0 Å². The molecule has 0 radical (unpaired) electrons. The maximum Gasteiger partial charge on any atom is 0.115 e. The highest BCUT2D eigenvalue weighted by molar-refractivity contribution is 6.30. The summed E-state index contributed by atoms with van der Waals surface area (Å²) < 4.78 is 0. The molecule has 156 valence electrons. The van der Waals surface area contributed by atoms with Gasteiger partial charge in [0, 0.05) is 17.5 Å². The first-order valence-corrected chi connectivity index (χ1v) is 10.9. The first-order valence-electron chi connectivity index (χ1n) is 10.6. The van der Waals surface area contributed by atoms with Gasteiger partial charge in [-0.05, 0) is 73.2 Å². The first kappa shape index (κ1) is 22.1. The minimum atomic E-state index is -0.960. The number of hydrogen-bond acceptors (Lipinski definition) is 2. The molecule has 0 heterocycles. The van der Waals surface area contributed by atoms with Crippen molar-refractivity contribution in [1.82, 2.24) is 4.90 Å². The number of rotatable bonds is 4. The second-order valence-electron chi connectivity index (χ2n) is 9.67. The normalized spacial score (nSPS) is 24.3. The van der Waals surface area contributed by atoms with E-state index in [0.717, 1.165) is 47.5 Å². The zero-order valence-electron chi connectivity index (χ0n) is 18.4. The Kier molecular flexibility index (Phi) is 6.57. The molecular weight excluding hydrogens is 378 g/mol. The first-order chi connectivity index (χ1) is 13.6. The summed E-state index contributed by atoms with van der Waals surface area (Å²) in [5.41, 5.74) is 3.60. The Morgan fingerprint density at radius 2 is 1.69 bits per heavy atom. The van der Waals surface area contributed by atoms with Crippen molar-refractivity contribution in [2.45, 2.75) is 51.0 Å². The topological polar surface area (TPSA) is 23.5 Å². The minimum Gasteiger partial charge on any atom is -0.380 e. The Balaban J connectivity index is 2.07. The average Bonchev–Trinajstić information content (AvgIpc) is 2.66. The third-order valence-electron chi connectivity index (χ3n) is 6.07. The van der Waals surface area contributed by atoms with Crippen molar-refractivity contribution in [2.24, 2.45) is 5.92 Å². The van der Waals surface area contributed by atoms with Gasteiger partial charge in [-0.25, -0.2) is 0 Å². The fourth-order valence-corrected chi connectivity index (χ4v) is 4.58. The third-order valence-corrected chi connectivity index (χ3v) is 6.32. The number of halogens is 1. The van der Waals surface area contributed by atoms with E-state index in [2.05, 4.69) is 70.1 Å². The quantitative estimate of drug-likeness (QED) is 0.640. The predicted octanol–water partition coefficient (Wildman–Crippen LogP) is 6.27. The van der Waals surface area contributed by atoms with Crippen LogP contribution in [0.25, 0.3) is 6.08 Å². The monoisotopic (exact) mass is 411 g/mol. The van der Waals surface area contributed by atoms with Crippen LogP contribution in [0.2, 0.25) is 5.02 Å². The lowest BCUT2D eigenvalue weighted by Crippen LogP contribution is -2.44. The summed E-state index contributed by atoms with van der Waals surface area (Å²) in [6.07, 6.45) is 5.19. The standard InChI is InChI=1S/C26H34ClNO/c1-25(2,3)20-11-13-21(14-12-20)26(29)22(7-6-8-23(26)18-28(4)5)17-19-9-15-24(27)16-10-19/h9-17,23,29H,6-8,18H2,1-5H3. The largest absolute Gasteiger partial charge is 0.380 e. The highest BCUT2D eigenvalue weighted by Gasteiger charge is 2.44. The van der Waals surface area contributed by atoms with Crippen LogP contribution in [0.1, 0.15) is 56.7 Å². The van der Waals surface area contributed by atoms with Crippen LogP contribution in [-0.2, 0) is 11.0 Å². The van der Waals surface area contributed by atoms with Gasteiger partial charge in [-0.2, -0.15) is 0 Å². The second kappa shape index (κ2) is 8.63. The van der Waals surface area contributed by atoms with Gasteiger partial charge in [0.2, 0.25) is 0 Å². The lowest BCUT2D eigenvalue weighted by Gasteiger charge is -2.44. The van der Waals surface area contributed by atoms with E-state index in [9.17, 15) is 5.11 Å². The van der Waals surface area contributed by atoms with Crippen molar-refractivity contribution < 1.29 is 5.11 Å². The zero-order chi connectivity index (χ0) is 21.2. The number of benzene rings is 2. The van der Waals surface area contributed by atoms with Crippen molar-refractivity contribution in [1.29, 1.82) is 0 Å². The lowest BCUT2D eigenvalue weighted by atomic mass is 9.67. The molecule has 0 amide bonds. The minimum absolute atomic E-state index is 0.0960. The summed E-state index contributed by atoms with van der Waals surface area (Å²) in [5, 5.41) is 12.9. The summed E-state index contributed by atoms with van der Waals surface area (Å²) in [6, 6.07) is 16.5. The summed E-state index contributed by atoms with van der Waals surface area (Å²) in [7, 11) is 4.17. The zero-order valence-corrected chi connectivity index (χ0v) is 19.1. The Labute approximate surface area is 181 Å². The second-order valence-corrected chi connectivity index (χ2v) is 10.1. The number of aliphatic hydroxyl groups is 1. The van der Waals surface area contributed by atoms with Crippen molar-refractivity contribution in [3.05, 3.63) is 75.8 Å². The highest BCUT2D eigenvalue weighted by atomic mass is 35.5. The molecule has 1 fully saturated rings. The molecular formula is C26H34ClNO. The van der Waals surface area contributed by atoms with Gasteiger partial charge < -0.3 is 10.0 Å². The van der Waals surface area contributed by atoms with Crippen LogP contribution in [0.5, 0.6) is 0 Å². The highest BCUT2D eigenvalue weighted by Crippen LogP contribution is 2.46. The van der Waals surface area contributed by atoms with Crippen molar-refractivity contribution in [3.63, 3.8) is 0 Å². The molecule has 1 N–H and O–H groups in total. The SMILES string of the molecule is CN(C)CC1CCCC(=Cc2ccc(Cl)cc2)C1(O)c1ccc(C(C)(C)C)cc1. The van der Waals surface area contributed by atoms with E-state index in [1.807, 2.05) is 24.3 Å². The van der Waals surface area contributed by atoms with Gasteiger partial charge in [0.1, 0.15) is 5.60 Å². The van der Waals surface area contributed by atoms with Gasteiger partial charge in [0.25, 0.3) is 0 Å². The van der Waals surface area contributed by atoms with Crippen LogP contribution in [0.15, 0.2) is 54.1 Å². The van der Waals surface area contributed by atoms with Crippen molar-refractivity contribution >= 4 is 17.7 Å². The molecule has 2 nitrogen and oxygen atoms in total. The molecule has 0 bridgehead atoms. The summed E-state index contributed by atoms with van der Waals surface area (Å²) >= 11 is 6.06. The van der Waals surface area contributed by atoms with Crippen LogP contribution in [-0.4, -0.2) is 30.6 Å². The van der Waals surface area contributed by atoms with Gasteiger partial charge in [-0.3, -0.25) is 0 Å². The Morgan fingerprint density at radius 3 is 2.24 bits per heavy atom. The van der Waals surface area contributed by atoms with Gasteiger partial charge in [0.15, 0.2) is 0 Å². The third kappa shape index (κ3) is 4.94. The van der Waals surface area contributed by atoms with E-state index < -0.39 is 5.60 Å². The molecule has 29 heavy (non-hydrogen) atoms. The Bertz CT molecular complexity index is 846. The molecule has 1 aliphatic carbocycles. The van der Waals surface area contributed by atoms with E-state index in [-0.39, 0.29) is 11.3 Å². The summed E-state index contributed by atoms with van der Waals surface area (Å²) in [4.78, 5) is 2.18. The predicted molar refractivity (Wildman–Crippen MR) is 124 cm³/mol. The molecule has 0 aromatic heterocycles. The van der Waals surface area contributed by atoms with E-state index >= 15 is 0 Å². The Hall–Kier alpha value is -1.61. The van der Waals surface area contributed by atoms with E-state index in [0.29, 0.717) is 0 Å². The maximum atomic E-state index is 12.2. The molecule has 2 atom stereocenters. The molecule has 2 aromatic carbocycles. The fraction of sp³-hybridized carbons (Fsp3) is 0.462. The molecule has 2 aromatic rings. The lowest BCUT2D eigenvalue weighted by molar-refractivity contribution is -0.0174. The van der Waals surface area contributed by atoms with Crippen molar-refractivity contribution in [3.8, 4) is 0 Å². The average molecular weight is 412 g/mol. The molecule has 2 unspecified atom stereocenters. The van der Waals surface area contributed by atoms with Crippen molar-refractivity contribution in [2.75, 3.05) is 20.6 Å². The van der Waals surface area contributed by atoms with Crippen LogP contribution in [0, 0.1) is 5.92 Å². The van der Waals surface area contributed by atoms with Crippen LogP contribution < -0.4 is 0 Å². The molecule has 0 saturated heterocycles. The molecule has 0 spiro atoms. The molecule has 3 heteroatoms. The Morgan fingerprint density at radius 1 is 1.07 bits per heavy atom. The van der Waals surface area contributed by atoms with E-state index in [1.165, 1.54) is 5.56 Å². The fourth-order valence-electron chi connectivity index (χ4n) is 4.45. The molecule has 1 saturated carbocycles. The van der Waals surface area contributed by atoms with Crippen LogP contribution in [0.4, 0.5) is 0 Å². The maximum absolute atomic E-state index is 12.2. The van der Waals surface area contributed by atoms with Gasteiger partial charge in [-0.15, -0.1) is 0 Å².